The minimum Gasteiger partial charge on any atom is -0.389 e. The fourth-order valence-electron chi connectivity index (χ4n) is 1.86. The molecule has 0 saturated carbocycles. The largest absolute Gasteiger partial charge is 0.389 e. The highest BCUT2D eigenvalue weighted by atomic mass is 16.3. The van der Waals surface area contributed by atoms with E-state index in [1.165, 1.54) is 5.56 Å². The molecule has 0 heterocycles. The summed E-state index contributed by atoms with van der Waals surface area (Å²) in [7, 11) is 0. The number of rotatable bonds is 6. The van der Waals surface area contributed by atoms with Gasteiger partial charge in [-0.1, -0.05) is 44.2 Å². The van der Waals surface area contributed by atoms with Crippen LogP contribution in [0.2, 0.25) is 0 Å². The molecule has 3 heteroatoms. The molecular weight excluding hydrogens is 238 g/mol. The Hall–Kier alpha value is -1.35. The van der Waals surface area contributed by atoms with Gasteiger partial charge >= 0.3 is 0 Å². The average molecular weight is 263 g/mol. The zero-order valence-corrected chi connectivity index (χ0v) is 12.4. The van der Waals surface area contributed by atoms with Gasteiger partial charge in [-0.15, -0.1) is 0 Å². The van der Waals surface area contributed by atoms with Gasteiger partial charge in [-0.25, -0.2) is 0 Å². The smallest absolute Gasteiger partial charge is 0.220 e. The van der Waals surface area contributed by atoms with Gasteiger partial charge in [0.2, 0.25) is 5.91 Å². The first-order chi connectivity index (χ1) is 8.71. The number of carbonyl (C=O) groups is 1. The highest BCUT2D eigenvalue weighted by molar-refractivity contribution is 5.76. The SMILES string of the molecule is CC(C)(O)CNC(=O)CCC(C)(C)c1ccccc1. The lowest BCUT2D eigenvalue weighted by Gasteiger charge is -2.25. The fraction of sp³-hybridized carbons (Fsp3) is 0.562. The second-order valence-corrected chi connectivity index (χ2v) is 6.34. The number of carbonyl (C=O) groups excluding carboxylic acids is 1. The van der Waals surface area contributed by atoms with Crippen molar-refractivity contribution in [3.05, 3.63) is 35.9 Å². The molecule has 2 N–H and O–H groups in total. The molecule has 0 spiro atoms. The molecule has 1 aromatic carbocycles. The average Bonchev–Trinajstić information content (AvgIpc) is 2.34. The molecule has 0 radical (unpaired) electrons. The molecule has 0 aliphatic rings. The Morgan fingerprint density at radius 2 is 1.74 bits per heavy atom. The number of amides is 1. The molecule has 1 rings (SSSR count). The topological polar surface area (TPSA) is 49.3 Å². The molecule has 0 aromatic heterocycles. The van der Waals surface area contributed by atoms with Crippen molar-refractivity contribution in [1.29, 1.82) is 0 Å². The van der Waals surface area contributed by atoms with E-state index in [1.807, 2.05) is 18.2 Å². The fourth-order valence-corrected chi connectivity index (χ4v) is 1.86. The third-order valence-corrected chi connectivity index (χ3v) is 3.25. The van der Waals surface area contributed by atoms with Gasteiger partial charge in [0.1, 0.15) is 0 Å². The van der Waals surface area contributed by atoms with Gasteiger partial charge in [-0.3, -0.25) is 4.79 Å². The van der Waals surface area contributed by atoms with Crippen molar-refractivity contribution < 1.29 is 9.90 Å². The summed E-state index contributed by atoms with van der Waals surface area (Å²) in [5, 5.41) is 12.3. The van der Waals surface area contributed by atoms with Crippen LogP contribution in [0.5, 0.6) is 0 Å². The first-order valence-electron chi connectivity index (χ1n) is 6.75. The Labute approximate surface area is 116 Å². The van der Waals surface area contributed by atoms with Crippen LogP contribution in [0.25, 0.3) is 0 Å². The van der Waals surface area contributed by atoms with E-state index in [-0.39, 0.29) is 17.9 Å². The Morgan fingerprint density at radius 1 is 1.16 bits per heavy atom. The first kappa shape index (κ1) is 15.7. The summed E-state index contributed by atoms with van der Waals surface area (Å²) in [5.74, 6) is -0.00821. The van der Waals surface area contributed by atoms with Gasteiger partial charge in [0, 0.05) is 13.0 Å². The van der Waals surface area contributed by atoms with E-state index < -0.39 is 5.60 Å². The summed E-state index contributed by atoms with van der Waals surface area (Å²) in [6, 6.07) is 10.2. The minimum absolute atomic E-state index is 0.00821. The van der Waals surface area contributed by atoms with E-state index >= 15 is 0 Å². The van der Waals surface area contributed by atoms with Crippen molar-refractivity contribution in [2.45, 2.75) is 51.6 Å². The van der Waals surface area contributed by atoms with E-state index in [2.05, 4.69) is 31.3 Å². The van der Waals surface area contributed by atoms with Crippen LogP contribution in [0.1, 0.15) is 46.1 Å². The van der Waals surface area contributed by atoms with Crippen molar-refractivity contribution in [1.82, 2.24) is 5.32 Å². The van der Waals surface area contributed by atoms with Crippen LogP contribution in [0.15, 0.2) is 30.3 Å². The maximum atomic E-state index is 11.7. The van der Waals surface area contributed by atoms with Crippen LogP contribution in [0.3, 0.4) is 0 Å². The van der Waals surface area contributed by atoms with Crippen molar-refractivity contribution in [2.75, 3.05) is 6.54 Å². The summed E-state index contributed by atoms with van der Waals surface area (Å²) in [4.78, 5) is 11.7. The standard InChI is InChI=1S/C16H25NO2/c1-15(2,13-8-6-5-7-9-13)11-10-14(18)17-12-16(3,4)19/h5-9,19H,10-12H2,1-4H3,(H,17,18). The lowest BCUT2D eigenvalue weighted by molar-refractivity contribution is -0.122. The molecule has 0 aliphatic carbocycles. The highest BCUT2D eigenvalue weighted by Gasteiger charge is 2.22. The number of aliphatic hydroxyl groups is 1. The van der Waals surface area contributed by atoms with E-state index in [9.17, 15) is 9.90 Å². The van der Waals surface area contributed by atoms with Gasteiger partial charge in [0.15, 0.2) is 0 Å². The van der Waals surface area contributed by atoms with Gasteiger partial charge in [0.05, 0.1) is 5.60 Å². The van der Waals surface area contributed by atoms with Crippen molar-refractivity contribution >= 4 is 5.91 Å². The van der Waals surface area contributed by atoms with E-state index in [0.29, 0.717) is 6.42 Å². The molecule has 0 fully saturated rings. The number of nitrogens with one attached hydrogen (secondary N) is 1. The highest BCUT2D eigenvalue weighted by Crippen LogP contribution is 2.27. The van der Waals surface area contributed by atoms with E-state index in [1.54, 1.807) is 13.8 Å². The molecule has 1 amide bonds. The zero-order chi connectivity index (χ0) is 14.5. The van der Waals surface area contributed by atoms with Crippen LogP contribution in [0, 0.1) is 0 Å². The third kappa shape index (κ3) is 5.88. The maximum Gasteiger partial charge on any atom is 0.220 e. The Bertz CT molecular complexity index is 405. The Kier molecular flexibility index (Phi) is 5.12. The van der Waals surface area contributed by atoms with E-state index in [0.717, 1.165) is 6.42 Å². The second kappa shape index (κ2) is 6.20. The molecule has 0 bridgehead atoms. The molecule has 19 heavy (non-hydrogen) atoms. The molecule has 0 saturated heterocycles. The van der Waals surface area contributed by atoms with Crippen LogP contribution < -0.4 is 5.32 Å². The summed E-state index contributed by atoms with van der Waals surface area (Å²) in [5.41, 5.74) is 0.364. The Morgan fingerprint density at radius 3 is 2.26 bits per heavy atom. The quantitative estimate of drug-likeness (QED) is 0.829. The summed E-state index contributed by atoms with van der Waals surface area (Å²) in [6.07, 6.45) is 1.26. The van der Waals surface area contributed by atoms with Crippen molar-refractivity contribution in [2.24, 2.45) is 0 Å². The monoisotopic (exact) mass is 263 g/mol. The second-order valence-electron chi connectivity index (χ2n) is 6.34. The molecule has 0 atom stereocenters. The van der Waals surface area contributed by atoms with Crippen molar-refractivity contribution in [3.63, 3.8) is 0 Å². The Balaban J connectivity index is 2.45. The predicted octanol–water partition coefficient (Wildman–Crippen LogP) is 2.63. The predicted molar refractivity (Wildman–Crippen MR) is 78.0 cm³/mol. The maximum absolute atomic E-state index is 11.7. The molecule has 0 aliphatic heterocycles. The molecule has 3 nitrogen and oxygen atoms in total. The van der Waals surface area contributed by atoms with Crippen LogP contribution in [-0.2, 0) is 10.2 Å². The summed E-state index contributed by atoms with van der Waals surface area (Å²) >= 11 is 0. The van der Waals surface area contributed by atoms with Gasteiger partial charge in [-0.2, -0.15) is 0 Å². The van der Waals surface area contributed by atoms with Crippen LogP contribution in [-0.4, -0.2) is 23.2 Å². The molecule has 0 unspecified atom stereocenters. The van der Waals surface area contributed by atoms with E-state index in [4.69, 9.17) is 0 Å². The number of hydrogen-bond acceptors (Lipinski definition) is 2. The molecule has 1 aromatic rings. The lowest BCUT2D eigenvalue weighted by atomic mass is 9.80. The normalized spacial score (nSPS) is 12.3. The minimum atomic E-state index is -0.857. The zero-order valence-electron chi connectivity index (χ0n) is 12.4. The van der Waals surface area contributed by atoms with Gasteiger partial charge < -0.3 is 10.4 Å². The number of hydrogen-bond donors (Lipinski definition) is 2. The molecule has 106 valence electrons. The van der Waals surface area contributed by atoms with Crippen LogP contribution >= 0.6 is 0 Å². The molecular formula is C16H25NO2. The lowest BCUT2D eigenvalue weighted by Crippen LogP contribution is -2.38. The van der Waals surface area contributed by atoms with Gasteiger partial charge in [-0.05, 0) is 31.2 Å². The third-order valence-electron chi connectivity index (χ3n) is 3.25. The van der Waals surface area contributed by atoms with Crippen LogP contribution in [0.4, 0.5) is 0 Å². The summed E-state index contributed by atoms with van der Waals surface area (Å²) in [6.45, 7) is 7.94. The first-order valence-corrected chi connectivity index (χ1v) is 6.75. The van der Waals surface area contributed by atoms with Crippen molar-refractivity contribution in [3.8, 4) is 0 Å². The van der Waals surface area contributed by atoms with Gasteiger partial charge in [0.25, 0.3) is 0 Å². The number of benzene rings is 1. The summed E-state index contributed by atoms with van der Waals surface area (Å²) < 4.78 is 0.